The highest BCUT2D eigenvalue weighted by Gasteiger charge is 2.23. The highest BCUT2D eigenvalue weighted by molar-refractivity contribution is 7.10. The Labute approximate surface area is 145 Å². The topological polar surface area (TPSA) is 71.4 Å². The van der Waals surface area contributed by atoms with Crippen molar-refractivity contribution in [2.24, 2.45) is 0 Å². The first-order valence-corrected chi connectivity index (χ1v) is 9.06. The Hall–Kier alpha value is -1.90. The second-order valence-corrected chi connectivity index (χ2v) is 6.58. The molecule has 0 bridgehead atoms. The summed E-state index contributed by atoms with van der Waals surface area (Å²) < 4.78 is 7.21. The van der Waals surface area contributed by atoms with Crippen molar-refractivity contribution in [3.05, 3.63) is 34.8 Å². The van der Waals surface area contributed by atoms with Crippen molar-refractivity contribution in [2.75, 3.05) is 38.2 Å². The predicted octanol–water partition coefficient (Wildman–Crippen LogP) is 2.16. The maximum atomic E-state index is 12.2. The van der Waals surface area contributed by atoms with Gasteiger partial charge >= 0.3 is 6.03 Å². The molecule has 0 aromatic carbocycles. The minimum absolute atomic E-state index is 0.179. The largest absolute Gasteiger partial charge is 0.379 e. The number of urea groups is 1. The molecule has 0 unspecified atom stereocenters. The van der Waals surface area contributed by atoms with Crippen molar-refractivity contribution < 1.29 is 9.53 Å². The number of aromatic nitrogens is 2. The van der Waals surface area contributed by atoms with Gasteiger partial charge in [0.15, 0.2) is 0 Å². The number of anilines is 1. The number of aryl methyl sites for hydroxylation is 1. The standard InChI is InChI=1S/C16H23N5O2S/c1-2-21-12-13(10-18-21)19-16(22)17-11-14(15-4-3-9-24-15)20-5-7-23-8-6-20/h3-4,9-10,12,14H,2,5-8,11H2,1H3,(H2,17,19,22)/t14-/m1/s1. The summed E-state index contributed by atoms with van der Waals surface area (Å²) in [5.41, 5.74) is 0.702. The lowest BCUT2D eigenvalue weighted by Crippen LogP contribution is -2.44. The lowest BCUT2D eigenvalue weighted by Gasteiger charge is -2.34. The number of thiophene rings is 1. The van der Waals surface area contributed by atoms with Crippen LogP contribution in [-0.2, 0) is 11.3 Å². The highest BCUT2D eigenvalue weighted by atomic mass is 32.1. The van der Waals surface area contributed by atoms with E-state index in [1.165, 1.54) is 4.88 Å². The van der Waals surface area contributed by atoms with Crippen LogP contribution in [0.3, 0.4) is 0 Å². The lowest BCUT2D eigenvalue weighted by atomic mass is 10.2. The lowest BCUT2D eigenvalue weighted by molar-refractivity contribution is 0.0175. The van der Waals surface area contributed by atoms with Gasteiger partial charge in [0.2, 0.25) is 0 Å². The van der Waals surface area contributed by atoms with Crippen LogP contribution in [-0.4, -0.2) is 53.6 Å². The maximum absolute atomic E-state index is 12.2. The van der Waals surface area contributed by atoms with Crippen LogP contribution in [0.1, 0.15) is 17.8 Å². The van der Waals surface area contributed by atoms with Gasteiger partial charge in [-0.2, -0.15) is 5.10 Å². The van der Waals surface area contributed by atoms with Crippen molar-refractivity contribution in [3.8, 4) is 0 Å². The molecule has 1 fully saturated rings. The van der Waals surface area contributed by atoms with Crippen molar-refractivity contribution in [2.45, 2.75) is 19.5 Å². The SMILES string of the molecule is CCn1cc(NC(=O)NC[C@H](c2cccs2)N2CCOCC2)cn1. The van der Waals surface area contributed by atoms with Gasteiger partial charge in [-0.15, -0.1) is 11.3 Å². The van der Waals surface area contributed by atoms with E-state index >= 15 is 0 Å². The maximum Gasteiger partial charge on any atom is 0.319 e. The molecule has 3 heterocycles. The molecular weight excluding hydrogens is 326 g/mol. The average Bonchev–Trinajstić information content (AvgIpc) is 3.28. The molecule has 2 amide bonds. The molecule has 1 saturated heterocycles. The van der Waals surface area contributed by atoms with Gasteiger partial charge in [-0.3, -0.25) is 9.58 Å². The van der Waals surface area contributed by atoms with Crippen molar-refractivity contribution in [1.29, 1.82) is 0 Å². The molecule has 0 radical (unpaired) electrons. The number of hydrogen-bond donors (Lipinski definition) is 2. The summed E-state index contributed by atoms with van der Waals surface area (Å²) in [5, 5.41) is 12.0. The van der Waals surface area contributed by atoms with Crippen molar-refractivity contribution in [1.82, 2.24) is 20.0 Å². The summed E-state index contributed by atoms with van der Waals surface area (Å²) in [5.74, 6) is 0. The quantitative estimate of drug-likeness (QED) is 0.838. The number of rotatable bonds is 6. The zero-order chi connectivity index (χ0) is 16.8. The first-order chi connectivity index (χ1) is 11.8. The van der Waals surface area contributed by atoms with E-state index in [-0.39, 0.29) is 12.1 Å². The number of nitrogens with zero attached hydrogens (tertiary/aromatic N) is 3. The van der Waals surface area contributed by atoms with Crippen LogP contribution in [0.5, 0.6) is 0 Å². The van der Waals surface area contributed by atoms with E-state index in [9.17, 15) is 4.79 Å². The monoisotopic (exact) mass is 349 g/mol. The molecule has 8 heteroatoms. The molecule has 24 heavy (non-hydrogen) atoms. The average molecular weight is 349 g/mol. The van der Waals surface area contributed by atoms with Crippen LogP contribution in [0.25, 0.3) is 0 Å². The predicted molar refractivity (Wildman–Crippen MR) is 94.4 cm³/mol. The van der Waals surface area contributed by atoms with E-state index in [1.807, 2.05) is 19.2 Å². The summed E-state index contributed by atoms with van der Waals surface area (Å²) in [6, 6.07) is 4.14. The zero-order valence-electron chi connectivity index (χ0n) is 13.8. The third kappa shape index (κ3) is 4.34. The number of hydrogen-bond acceptors (Lipinski definition) is 5. The smallest absolute Gasteiger partial charge is 0.319 e. The Balaban J connectivity index is 1.57. The van der Waals surface area contributed by atoms with E-state index in [4.69, 9.17) is 4.74 Å². The fourth-order valence-corrected chi connectivity index (χ4v) is 3.61. The van der Waals surface area contributed by atoms with Gasteiger partial charge in [0.1, 0.15) is 0 Å². The Kier molecular flexibility index (Phi) is 5.84. The zero-order valence-corrected chi connectivity index (χ0v) is 14.6. The van der Waals surface area contributed by atoms with Crippen molar-refractivity contribution >= 4 is 23.1 Å². The van der Waals surface area contributed by atoms with E-state index in [2.05, 4.69) is 32.1 Å². The summed E-state index contributed by atoms with van der Waals surface area (Å²) in [7, 11) is 0. The molecule has 2 N–H and O–H groups in total. The Bertz CT molecular complexity index is 637. The molecule has 3 rings (SSSR count). The molecule has 0 spiro atoms. The van der Waals surface area contributed by atoms with Gasteiger partial charge in [-0.05, 0) is 18.4 Å². The summed E-state index contributed by atoms with van der Waals surface area (Å²) in [6.45, 7) is 6.60. The van der Waals surface area contributed by atoms with E-state index in [0.717, 1.165) is 32.8 Å². The minimum atomic E-state index is -0.208. The van der Waals surface area contributed by atoms with Crippen LogP contribution in [0.15, 0.2) is 29.9 Å². The number of carbonyl (C=O) groups excluding carboxylic acids is 1. The molecule has 1 atom stereocenters. The first-order valence-electron chi connectivity index (χ1n) is 8.18. The molecule has 7 nitrogen and oxygen atoms in total. The van der Waals surface area contributed by atoms with Gasteiger partial charge in [0, 0.05) is 37.3 Å². The van der Waals surface area contributed by atoms with Gasteiger partial charge in [0.05, 0.1) is 31.1 Å². The second-order valence-electron chi connectivity index (χ2n) is 5.60. The highest BCUT2D eigenvalue weighted by Crippen LogP contribution is 2.25. The van der Waals surface area contributed by atoms with Crippen molar-refractivity contribution in [3.63, 3.8) is 0 Å². The van der Waals surface area contributed by atoms with E-state index in [0.29, 0.717) is 12.2 Å². The van der Waals surface area contributed by atoms with E-state index in [1.54, 1.807) is 22.2 Å². The number of ether oxygens (including phenoxy) is 1. The minimum Gasteiger partial charge on any atom is -0.379 e. The molecule has 0 saturated carbocycles. The molecule has 1 aliphatic rings. The normalized spacial score (nSPS) is 16.7. The first kappa shape index (κ1) is 16.9. The summed E-state index contributed by atoms with van der Waals surface area (Å²) in [4.78, 5) is 15.8. The Morgan fingerprint density at radius 1 is 1.46 bits per heavy atom. The van der Waals surface area contributed by atoms with E-state index < -0.39 is 0 Å². The Morgan fingerprint density at radius 2 is 2.29 bits per heavy atom. The fourth-order valence-electron chi connectivity index (χ4n) is 2.75. The summed E-state index contributed by atoms with van der Waals surface area (Å²) >= 11 is 1.72. The van der Waals surface area contributed by atoms with Gasteiger partial charge in [-0.25, -0.2) is 4.79 Å². The molecule has 0 aliphatic carbocycles. The van der Waals surface area contributed by atoms with Crippen LogP contribution in [0, 0.1) is 0 Å². The summed E-state index contributed by atoms with van der Waals surface area (Å²) in [6.07, 6.45) is 3.47. The second kappa shape index (κ2) is 8.27. The van der Waals surface area contributed by atoms with Gasteiger partial charge in [-0.1, -0.05) is 6.07 Å². The molecular formula is C16H23N5O2S. The third-order valence-electron chi connectivity index (χ3n) is 4.03. The number of amides is 2. The third-order valence-corrected chi connectivity index (χ3v) is 5.00. The Morgan fingerprint density at radius 3 is 2.96 bits per heavy atom. The molecule has 1 aliphatic heterocycles. The number of carbonyl (C=O) groups is 1. The van der Waals surface area contributed by atoms with Crippen LogP contribution in [0.2, 0.25) is 0 Å². The molecule has 2 aromatic heterocycles. The van der Waals surface area contributed by atoms with Gasteiger partial charge in [0.25, 0.3) is 0 Å². The fraction of sp³-hybridized carbons (Fsp3) is 0.500. The number of morpholine rings is 1. The molecule has 2 aromatic rings. The number of nitrogens with one attached hydrogen (secondary N) is 2. The van der Waals surface area contributed by atoms with Gasteiger partial charge < -0.3 is 15.4 Å². The van der Waals surface area contributed by atoms with Crippen LogP contribution < -0.4 is 10.6 Å². The molecule has 130 valence electrons. The van der Waals surface area contributed by atoms with Crippen LogP contribution in [0.4, 0.5) is 10.5 Å². The van der Waals surface area contributed by atoms with Crippen LogP contribution >= 0.6 is 11.3 Å².